The maximum Gasteiger partial charge on any atom is 0.338 e. The van der Waals surface area contributed by atoms with E-state index < -0.39 is 5.97 Å². The van der Waals surface area contributed by atoms with Gasteiger partial charge in [-0.25, -0.2) is 9.18 Å². The van der Waals surface area contributed by atoms with Gasteiger partial charge in [-0.1, -0.05) is 6.92 Å². The van der Waals surface area contributed by atoms with Crippen LogP contribution in [0.5, 0.6) is 5.75 Å². The van der Waals surface area contributed by atoms with Crippen LogP contribution in [-0.2, 0) is 9.53 Å². The minimum Gasteiger partial charge on any atom is -0.484 e. The molecular formula is C18H18FNO4. The largest absolute Gasteiger partial charge is 0.484 e. The molecule has 2 aromatic carbocycles. The molecule has 24 heavy (non-hydrogen) atoms. The quantitative estimate of drug-likeness (QED) is 0.790. The first-order valence-electron chi connectivity index (χ1n) is 7.54. The molecule has 0 aromatic heterocycles. The summed E-state index contributed by atoms with van der Waals surface area (Å²) < 4.78 is 23.0. The second-order valence-electron chi connectivity index (χ2n) is 5.00. The van der Waals surface area contributed by atoms with Crippen LogP contribution >= 0.6 is 0 Å². The number of ether oxygens (including phenoxy) is 2. The molecule has 0 spiro atoms. The molecule has 0 saturated carbocycles. The minimum absolute atomic E-state index is 0.202. The number of amides is 1. The molecule has 0 atom stereocenters. The van der Waals surface area contributed by atoms with Crippen LogP contribution in [0.1, 0.15) is 23.7 Å². The summed E-state index contributed by atoms with van der Waals surface area (Å²) in [7, 11) is 0. The molecule has 2 rings (SSSR count). The Morgan fingerprint density at radius 2 is 1.71 bits per heavy atom. The van der Waals surface area contributed by atoms with Crippen molar-refractivity contribution in [2.75, 3.05) is 18.5 Å². The molecule has 0 unspecified atom stereocenters. The average Bonchev–Trinajstić information content (AvgIpc) is 2.60. The molecule has 126 valence electrons. The van der Waals surface area contributed by atoms with E-state index in [1.54, 1.807) is 24.3 Å². The van der Waals surface area contributed by atoms with Crippen LogP contribution in [-0.4, -0.2) is 25.1 Å². The SMILES string of the molecule is CCCOC(=O)c1ccc(NC(=O)COc2ccc(F)cc2)cc1. The van der Waals surface area contributed by atoms with Crippen LogP contribution in [0.15, 0.2) is 48.5 Å². The minimum atomic E-state index is -0.394. The summed E-state index contributed by atoms with van der Waals surface area (Å²) in [6, 6.07) is 11.8. The predicted molar refractivity (Wildman–Crippen MR) is 87.5 cm³/mol. The lowest BCUT2D eigenvalue weighted by atomic mass is 10.2. The standard InChI is InChI=1S/C18H18FNO4/c1-2-11-23-18(22)13-3-7-15(8-4-13)20-17(21)12-24-16-9-5-14(19)6-10-16/h3-10H,2,11-12H2,1H3,(H,20,21). The predicted octanol–water partition coefficient (Wildman–Crippen LogP) is 3.41. The van der Waals surface area contributed by atoms with Crippen molar-refractivity contribution in [1.82, 2.24) is 0 Å². The second kappa shape index (κ2) is 8.67. The number of esters is 1. The van der Waals surface area contributed by atoms with Gasteiger partial charge >= 0.3 is 5.97 Å². The van der Waals surface area contributed by atoms with Crippen LogP contribution in [0.3, 0.4) is 0 Å². The van der Waals surface area contributed by atoms with Gasteiger partial charge in [0.2, 0.25) is 0 Å². The van der Waals surface area contributed by atoms with E-state index in [4.69, 9.17) is 9.47 Å². The summed E-state index contributed by atoms with van der Waals surface area (Å²) in [6.45, 7) is 2.09. The first-order chi connectivity index (χ1) is 11.6. The Morgan fingerprint density at radius 3 is 2.33 bits per heavy atom. The van der Waals surface area contributed by atoms with Crippen molar-refractivity contribution in [1.29, 1.82) is 0 Å². The van der Waals surface area contributed by atoms with Crippen LogP contribution < -0.4 is 10.1 Å². The molecule has 2 aromatic rings. The number of halogens is 1. The fourth-order valence-electron chi connectivity index (χ4n) is 1.84. The molecule has 0 aliphatic heterocycles. The zero-order valence-electron chi connectivity index (χ0n) is 13.3. The van der Waals surface area contributed by atoms with Gasteiger partial charge in [0.05, 0.1) is 12.2 Å². The normalized spacial score (nSPS) is 10.1. The van der Waals surface area contributed by atoms with Crippen molar-refractivity contribution in [3.05, 3.63) is 59.9 Å². The summed E-state index contributed by atoms with van der Waals surface area (Å²) in [5, 5.41) is 2.64. The average molecular weight is 331 g/mol. The van der Waals surface area contributed by atoms with Gasteiger partial charge < -0.3 is 14.8 Å². The highest BCUT2D eigenvalue weighted by molar-refractivity contribution is 5.93. The summed E-state index contributed by atoms with van der Waals surface area (Å²) in [5.74, 6) is -0.722. The smallest absolute Gasteiger partial charge is 0.338 e. The number of rotatable bonds is 7. The Hall–Kier alpha value is -2.89. The van der Waals surface area contributed by atoms with Gasteiger partial charge in [0.1, 0.15) is 11.6 Å². The lowest BCUT2D eigenvalue weighted by Crippen LogP contribution is -2.20. The van der Waals surface area contributed by atoms with Gasteiger partial charge in [0.25, 0.3) is 5.91 Å². The Balaban J connectivity index is 1.83. The molecule has 0 bridgehead atoms. The van der Waals surface area contributed by atoms with Crippen molar-refractivity contribution >= 4 is 17.6 Å². The van der Waals surface area contributed by atoms with Gasteiger partial charge in [-0.2, -0.15) is 0 Å². The molecule has 5 nitrogen and oxygen atoms in total. The molecule has 0 heterocycles. The van der Waals surface area contributed by atoms with E-state index in [1.807, 2.05) is 6.92 Å². The van der Waals surface area contributed by atoms with Gasteiger partial charge in [-0.05, 0) is 55.0 Å². The molecule has 0 fully saturated rings. The monoisotopic (exact) mass is 331 g/mol. The third-order valence-electron chi connectivity index (χ3n) is 3.03. The fourth-order valence-corrected chi connectivity index (χ4v) is 1.84. The van der Waals surface area contributed by atoms with Crippen LogP contribution in [0.4, 0.5) is 10.1 Å². The van der Waals surface area contributed by atoms with Crippen molar-refractivity contribution in [2.45, 2.75) is 13.3 Å². The van der Waals surface area contributed by atoms with E-state index in [9.17, 15) is 14.0 Å². The molecule has 6 heteroatoms. The lowest BCUT2D eigenvalue weighted by molar-refractivity contribution is -0.118. The number of nitrogens with one attached hydrogen (secondary N) is 1. The van der Waals surface area contributed by atoms with Gasteiger partial charge in [-0.15, -0.1) is 0 Å². The Morgan fingerprint density at radius 1 is 1.04 bits per heavy atom. The van der Waals surface area contributed by atoms with Crippen LogP contribution in [0.25, 0.3) is 0 Å². The van der Waals surface area contributed by atoms with Crippen molar-refractivity contribution in [2.24, 2.45) is 0 Å². The van der Waals surface area contributed by atoms with Crippen molar-refractivity contribution in [3.8, 4) is 5.75 Å². The number of benzene rings is 2. The Labute approximate surface area is 139 Å². The molecule has 0 radical (unpaired) electrons. The zero-order valence-corrected chi connectivity index (χ0v) is 13.3. The highest BCUT2D eigenvalue weighted by atomic mass is 19.1. The number of anilines is 1. The molecule has 0 saturated heterocycles. The maximum absolute atomic E-state index is 12.8. The number of carbonyl (C=O) groups is 2. The van der Waals surface area contributed by atoms with Crippen LogP contribution in [0, 0.1) is 5.82 Å². The fraction of sp³-hybridized carbons (Fsp3) is 0.222. The van der Waals surface area contributed by atoms with E-state index in [0.29, 0.717) is 23.6 Å². The van der Waals surface area contributed by atoms with Gasteiger partial charge in [0, 0.05) is 5.69 Å². The lowest BCUT2D eigenvalue weighted by Gasteiger charge is -2.08. The second-order valence-corrected chi connectivity index (χ2v) is 5.00. The van der Waals surface area contributed by atoms with Crippen molar-refractivity contribution in [3.63, 3.8) is 0 Å². The van der Waals surface area contributed by atoms with Crippen molar-refractivity contribution < 1.29 is 23.5 Å². The first kappa shape index (κ1) is 17.5. The summed E-state index contributed by atoms with van der Waals surface area (Å²) in [5.41, 5.74) is 0.957. The van der Waals surface area contributed by atoms with Crippen LogP contribution in [0.2, 0.25) is 0 Å². The number of hydrogen-bond donors (Lipinski definition) is 1. The third kappa shape index (κ3) is 5.39. The number of hydrogen-bond acceptors (Lipinski definition) is 4. The first-order valence-corrected chi connectivity index (χ1v) is 7.54. The van der Waals surface area contributed by atoms with Gasteiger partial charge in [-0.3, -0.25) is 4.79 Å². The topological polar surface area (TPSA) is 64.6 Å². The zero-order chi connectivity index (χ0) is 17.4. The van der Waals surface area contributed by atoms with Gasteiger partial charge in [0.15, 0.2) is 6.61 Å². The van der Waals surface area contributed by atoms with E-state index in [0.717, 1.165) is 6.42 Å². The maximum atomic E-state index is 12.8. The van der Waals surface area contributed by atoms with E-state index in [1.165, 1.54) is 24.3 Å². The number of carbonyl (C=O) groups excluding carboxylic acids is 2. The van der Waals surface area contributed by atoms with E-state index >= 15 is 0 Å². The summed E-state index contributed by atoms with van der Waals surface area (Å²) >= 11 is 0. The molecular weight excluding hydrogens is 313 g/mol. The third-order valence-corrected chi connectivity index (χ3v) is 3.03. The Bertz CT molecular complexity index is 683. The molecule has 0 aliphatic rings. The summed E-state index contributed by atoms with van der Waals surface area (Å²) in [4.78, 5) is 23.5. The highest BCUT2D eigenvalue weighted by Crippen LogP contribution is 2.13. The molecule has 1 amide bonds. The van der Waals surface area contributed by atoms with E-state index in [-0.39, 0.29) is 18.3 Å². The Kier molecular flexibility index (Phi) is 6.31. The van der Waals surface area contributed by atoms with E-state index in [2.05, 4.69) is 5.32 Å². The summed E-state index contributed by atoms with van der Waals surface area (Å²) in [6.07, 6.45) is 0.758. The molecule has 0 aliphatic carbocycles. The molecule has 1 N–H and O–H groups in total. The highest BCUT2D eigenvalue weighted by Gasteiger charge is 2.08.